The Kier molecular flexibility index (Phi) is 6.38. The van der Waals surface area contributed by atoms with E-state index in [0.29, 0.717) is 35.3 Å². The van der Waals surface area contributed by atoms with Crippen LogP contribution < -0.4 is 0 Å². The number of hydrogen-bond acceptors (Lipinski definition) is 5. The number of fused-ring (bicyclic) bond motifs is 9. The second kappa shape index (κ2) is 9.32. The second-order valence-electron chi connectivity index (χ2n) is 12.4. The molecule has 8 heteroatoms. The van der Waals surface area contributed by atoms with Crippen molar-refractivity contribution < 1.29 is 27.4 Å². The molecule has 0 amide bonds. The average Bonchev–Trinajstić information content (AvgIpc) is 3.29. The number of benzene rings is 1. The molecule has 2 aliphatic heterocycles. The van der Waals surface area contributed by atoms with Crippen molar-refractivity contribution >= 4 is 27.8 Å². The number of hydrogen-bond donors (Lipinski definition) is 1. The summed E-state index contributed by atoms with van der Waals surface area (Å²) in [4.78, 5) is 6.80. The molecule has 42 heavy (non-hydrogen) atoms. The molecule has 2 unspecified atom stereocenters. The second-order valence-corrected chi connectivity index (χ2v) is 12.4. The quantitative estimate of drug-likeness (QED) is 0.308. The Hall–Kier alpha value is -3.36. The molecule has 1 N–H and O–H groups in total. The summed E-state index contributed by atoms with van der Waals surface area (Å²) in [5.74, 6) is -1.74. The van der Waals surface area contributed by atoms with Crippen molar-refractivity contribution in [1.82, 2.24) is 9.88 Å². The first-order valence-electron chi connectivity index (χ1n) is 14.5. The van der Waals surface area contributed by atoms with Gasteiger partial charge in [-0.25, -0.2) is 4.98 Å². The lowest BCUT2D eigenvalue weighted by Gasteiger charge is -2.61. The number of nitrogens with zero attached hydrogens (tertiary/aromatic N) is 2. The van der Waals surface area contributed by atoms with Gasteiger partial charge in [-0.2, -0.15) is 13.2 Å². The maximum Gasteiger partial charge on any atom is 0.394 e. The Labute approximate surface area is 244 Å². The molecule has 1 aliphatic carbocycles. The average molecular weight is 579 g/mol. The molecular formula is C34H37F3N2O3. The van der Waals surface area contributed by atoms with Crippen molar-refractivity contribution in [2.24, 2.45) is 5.41 Å². The van der Waals surface area contributed by atoms with Gasteiger partial charge >= 0.3 is 6.18 Å². The van der Waals surface area contributed by atoms with Gasteiger partial charge in [-0.3, -0.25) is 0 Å². The van der Waals surface area contributed by atoms with Gasteiger partial charge in [-0.1, -0.05) is 52.0 Å². The van der Waals surface area contributed by atoms with Crippen LogP contribution in [0, 0.1) is 19.3 Å². The van der Waals surface area contributed by atoms with Crippen LogP contribution in [0.1, 0.15) is 69.3 Å². The highest BCUT2D eigenvalue weighted by molar-refractivity contribution is 6.08. The summed E-state index contributed by atoms with van der Waals surface area (Å²) in [6.07, 6.45) is 6.06. The van der Waals surface area contributed by atoms with Gasteiger partial charge in [0, 0.05) is 34.8 Å². The normalized spacial score (nSPS) is 23.4. The van der Waals surface area contributed by atoms with Gasteiger partial charge in [0.15, 0.2) is 0 Å². The molecule has 0 fully saturated rings. The SMILES string of the molecule is CCC1(CC)N2C(=CC=C3C(CC(C)(C)C(F)(F)F)=CC=CC32)c2c(c(C)cc3c2oc2nc(C)ccc23)C1(O)OC. The summed E-state index contributed by atoms with van der Waals surface area (Å²) in [6, 6.07) is 5.56. The number of pyridine rings is 1. The van der Waals surface area contributed by atoms with E-state index in [2.05, 4.69) is 9.88 Å². The molecule has 3 aromatic rings. The van der Waals surface area contributed by atoms with Crippen LogP contribution in [0.15, 0.2) is 64.1 Å². The fraction of sp³-hybridized carbons (Fsp3) is 0.441. The lowest BCUT2D eigenvalue weighted by molar-refractivity contribution is -0.276. The van der Waals surface area contributed by atoms with Crippen molar-refractivity contribution in [3.8, 4) is 0 Å². The van der Waals surface area contributed by atoms with Crippen molar-refractivity contribution in [2.45, 2.75) is 84.3 Å². The van der Waals surface area contributed by atoms with E-state index in [1.807, 2.05) is 70.2 Å². The zero-order valence-electron chi connectivity index (χ0n) is 25.1. The van der Waals surface area contributed by atoms with E-state index < -0.39 is 29.0 Å². The first kappa shape index (κ1) is 28.7. The Bertz CT molecular complexity index is 1740. The van der Waals surface area contributed by atoms with Gasteiger partial charge in [0.2, 0.25) is 11.5 Å². The van der Waals surface area contributed by atoms with Crippen LogP contribution in [-0.2, 0) is 10.5 Å². The molecule has 3 aliphatic rings. The predicted molar refractivity (Wildman–Crippen MR) is 159 cm³/mol. The Balaban J connectivity index is 1.67. The summed E-state index contributed by atoms with van der Waals surface area (Å²) >= 11 is 0. The summed E-state index contributed by atoms with van der Waals surface area (Å²) < 4.78 is 54.5. The van der Waals surface area contributed by atoms with Crippen LogP contribution in [0.4, 0.5) is 13.2 Å². The molecule has 2 aromatic heterocycles. The van der Waals surface area contributed by atoms with Crippen LogP contribution >= 0.6 is 0 Å². The largest absolute Gasteiger partial charge is 0.437 e. The number of aryl methyl sites for hydroxylation is 2. The van der Waals surface area contributed by atoms with Gasteiger partial charge in [-0.15, -0.1) is 0 Å². The highest BCUT2D eigenvalue weighted by Gasteiger charge is 2.62. The summed E-state index contributed by atoms with van der Waals surface area (Å²) in [5, 5.41) is 14.5. The zero-order chi connectivity index (χ0) is 30.4. The number of halogens is 3. The van der Waals surface area contributed by atoms with E-state index in [4.69, 9.17) is 9.15 Å². The molecule has 5 nitrogen and oxygen atoms in total. The summed E-state index contributed by atoms with van der Waals surface area (Å²) in [5.41, 5.74) is 3.59. The van der Waals surface area contributed by atoms with Crippen LogP contribution in [0.3, 0.4) is 0 Å². The lowest BCUT2D eigenvalue weighted by atomic mass is 9.67. The Morgan fingerprint density at radius 3 is 2.43 bits per heavy atom. The third kappa shape index (κ3) is 3.67. The molecule has 0 bridgehead atoms. The molecule has 0 spiro atoms. The minimum absolute atomic E-state index is 0.158. The number of furan rings is 1. The molecular weight excluding hydrogens is 541 g/mol. The number of allylic oxidation sites excluding steroid dienone is 4. The molecule has 0 saturated carbocycles. The first-order valence-corrected chi connectivity index (χ1v) is 14.5. The van der Waals surface area contributed by atoms with Crippen LogP contribution in [0.5, 0.6) is 0 Å². The predicted octanol–water partition coefficient (Wildman–Crippen LogP) is 8.39. The Morgan fingerprint density at radius 1 is 1.07 bits per heavy atom. The minimum Gasteiger partial charge on any atom is -0.437 e. The van der Waals surface area contributed by atoms with Gasteiger partial charge in [0.25, 0.3) is 0 Å². The smallest absolute Gasteiger partial charge is 0.394 e. The first-order chi connectivity index (χ1) is 19.7. The van der Waals surface area contributed by atoms with Gasteiger partial charge < -0.3 is 19.2 Å². The number of aromatic nitrogens is 1. The fourth-order valence-corrected chi connectivity index (χ4v) is 7.39. The van der Waals surface area contributed by atoms with E-state index in [1.165, 1.54) is 21.0 Å². The fourth-order valence-electron chi connectivity index (χ4n) is 7.39. The summed E-state index contributed by atoms with van der Waals surface area (Å²) in [7, 11) is 1.51. The Morgan fingerprint density at radius 2 is 1.79 bits per heavy atom. The van der Waals surface area contributed by atoms with Gasteiger partial charge in [0.05, 0.1) is 22.6 Å². The minimum atomic E-state index is -4.35. The summed E-state index contributed by atoms with van der Waals surface area (Å²) in [6.45, 7) is 10.4. The van der Waals surface area contributed by atoms with Crippen LogP contribution in [0.25, 0.3) is 27.8 Å². The van der Waals surface area contributed by atoms with E-state index in [0.717, 1.165) is 38.9 Å². The number of alkyl halides is 3. The molecule has 222 valence electrons. The lowest BCUT2D eigenvalue weighted by Crippen LogP contribution is -2.68. The van der Waals surface area contributed by atoms with Crippen molar-refractivity contribution in [2.75, 3.05) is 7.11 Å². The van der Waals surface area contributed by atoms with Crippen LogP contribution in [-0.4, -0.2) is 39.9 Å². The maximum atomic E-state index is 14.0. The van der Waals surface area contributed by atoms with E-state index in [9.17, 15) is 18.3 Å². The zero-order valence-corrected chi connectivity index (χ0v) is 25.1. The molecule has 6 rings (SSSR count). The van der Waals surface area contributed by atoms with Crippen LogP contribution in [0.2, 0.25) is 0 Å². The third-order valence-electron chi connectivity index (χ3n) is 9.76. The highest BCUT2D eigenvalue weighted by Crippen LogP contribution is 2.59. The van der Waals surface area contributed by atoms with Crippen molar-refractivity contribution in [1.29, 1.82) is 0 Å². The number of ether oxygens (including phenoxy) is 1. The molecule has 1 aromatic carbocycles. The van der Waals surface area contributed by atoms with Crippen molar-refractivity contribution in [3.63, 3.8) is 0 Å². The monoisotopic (exact) mass is 578 g/mol. The third-order valence-corrected chi connectivity index (χ3v) is 9.76. The number of methoxy groups -OCH3 is 1. The highest BCUT2D eigenvalue weighted by atomic mass is 19.4. The van der Waals surface area contributed by atoms with E-state index in [-0.39, 0.29) is 6.42 Å². The van der Waals surface area contributed by atoms with Gasteiger partial charge in [0.1, 0.15) is 5.58 Å². The molecule has 2 atom stereocenters. The molecule has 0 radical (unpaired) electrons. The number of rotatable bonds is 5. The molecule has 0 saturated heterocycles. The van der Waals surface area contributed by atoms with Gasteiger partial charge in [-0.05, 0) is 74.1 Å². The number of aliphatic hydroxyl groups is 1. The van der Waals surface area contributed by atoms with E-state index >= 15 is 0 Å². The standard InChI is InChI=1S/C34H37F3N2O3/c1-8-32(9-2)33(40,41-7)28-19(3)17-24-23-14-13-20(4)38-30(23)42-29(24)27(28)26-16-15-22-21(11-10-12-25(22)39(26)32)18-31(5,6)34(35,36)37/h10-17,25,40H,8-9,18H2,1-7H3. The van der Waals surface area contributed by atoms with Crippen molar-refractivity contribution in [3.05, 3.63) is 82.1 Å². The molecule has 4 heterocycles. The maximum absolute atomic E-state index is 14.0. The topological polar surface area (TPSA) is 58.7 Å². The van der Waals surface area contributed by atoms with E-state index in [1.54, 1.807) is 6.08 Å².